The van der Waals surface area contributed by atoms with E-state index in [1.54, 1.807) is 36.1 Å². The smallest absolute Gasteiger partial charge is 0.337 e. The SMILES string of the molecule is CCCCN1C(=O)NC(c2cccc(NC(=O)c3cccc4ccccc34)c2)C(C(=O)OC)=C1C. The van der Waals surface area contributed by atoms with Crippen molar-refractivity contribution in [3.05, 3.63) is 89.1 Å². The molecule has 3 amide bonds. The monoisotopic (exact) mass is 471 g/mol. The van der Waals surface area contributed by atoms with Crippen molar-refractivity contribution in [1.82, 2.24) is 10.2 Å². The van der Waals surface area contributed by atoms with Gasteiger partial charge in [0.25, 0.3) is 5.91 Å². The molecule has 1 unspecified atom stereocenters. The van der Waals surface area contributed by atoms with Crippen LogP contribution in [0.3, 0.4) is 0 Å². The number of unbranched alkanes of at least 4 members (excludes halogenated alkanes) is 1. The fourth-order valence-corrected chi connectivity index (χ4v) is 4.41. The van der Waals surface area contributed by atoms with Crippen LogP contribution in [0.2, 0.25) is 0 Å². The maximum Gasteiger partial charge on any atom is 0.337 e. The van der Waals surface area contributed by atoms with E-state index >= 15 is 0 Å². The Balaban J connectivity index is 1.65. The summed E-state index contributed by atoms with van der Waals surface area (Å²) in [4.78, 5) is 40.3. The van der Waals surface area contributed by atoms with Gasteiger partial charge in [-0.15, -0.1) is 0 Å². The van der Waals surface area contributed by atoms with E-state index in [4.69, 9.17) is 4.74 Å². The minimum Gasteiger partial charge on any atom is -0.466 e. The molecule has 0 aromatic heterocycles. The van der Waals surface area contributed by atoms with Crippen LogP contribution in [0.4, 0.5) is 10.5 Å². The molecule has 1 aliphatic heterocycles. The van der Waals surface area contributed by atoms with Gasteiger partial charge < -0.3 is 15.4 Å². The van der Waals surface area contributed by atoms with Gasteiger partial charge in [0.1, 0.15) is 0 Å². The summed E-state index contributed by atoms with van der Waals surface area (Å²) in [7, 11) is 1.33. The van der Waals surface area contributed by atoms with Gasteiger partial charge in [0.05, 0.1) is 18.7 Å². The molecule has 2 N–H and O–H groups in total. The van der Waals surface area contributed by atoms with E-state index < -0.39 is 12.0 Å². The summed E-state index contributed by atoms with van der Waals surface area (Å²) < 4.78 is 5.05. The Kier molecular flexibility index (Phi) is 7.15. The molecule has 1 aliphatic rings. The molecule has 3 aromatic rings. The zero-order valence-electron chi connectivity index (χ0n) is 20.1. The van der Waals surface area contributed by atoms with Crippen molar-refractivity contribution in [3.63, 3.8) is 0 Å². The number of rotatable bonds is 7. The van der Waals surface area contributed by atoms with Crippen molar-refractivity contribution in [1.29, 1.82) is 0 Å². The third-order valence-electron chi connectivity index (χ3n) is 6.25. The van der Waals surface area contributed by atoms with Crippen LogP contribution in [0.25, 0.3) is 10.8 Å². The van der Waals surface area contributed by atoms with E-state index in [0.717, 1.165) is 23.6 Å². The molecule has 0 bridgehead atoms. The number of hydrogen-bond acceptors (Lipinski definition) is 4. The predicted molar refractivity (Wildman–Crippen MR) is 136 cm³/mol. The summed E-state index contributed by atoms with van der Waals surface area (Å²) in [5.74, 6) is -0.739. The Bertz CT molecular complexity index is 1310. The van der Waals surface area contributed by atoms with E-state index in [1.165, 1.54) is 7.11 Å². The third-order valence-corrected chi connectivity index (χ3v) is 6.25. The maximum absolute atomic E-state index is 13.1. The molecule has 4 rings (SSSR count). The zero-order valence-corrected chi connectivity index (χ0v) is 20.1. The molecule has 0 fully saturated rings. The van der Waals surface area contributed by atoms with E-state index in [1.807, 2.05) is 49.4 Å². The zero-order chi connectivity index (χ0) is 24.9. The van der Waals surface area contributed by atoms with Crippen molar-refractivity contribution >= 4 is 34.4 Å². The number of hydrogen-bond donors (Lipinski definition) is 2. The van der Waals surface area contributed by atoms with E-state index in [0.29, 0.717) is 34.6 Å². The number of carbonyl (C=O) groups is 3. The highest BCUT2D eigenvalue weighted by molar-refractivity contribution is 6.13. The Hall–Kier alpha value is -4.13. The molecule has 7 heteroatoms. The number of ether oxygens (including phenoxy) is 1. The van der Waals surface area contributed by atoms with Crippen LogP contribution in [-0.4, -0.2) is 36.5 Å². The Morgan fingerprint density at radius 2 is 1.80 bits per heavy atom. The average molecular weight is 472 g/mol. The highest BCUT2D eigenvalue weighted by Crippen LogP contribution is 2.32. The number of allylic oxidation sites excluding steroid dienone is 1. The summed E-state index contributed by atoms with van der Waals surface area (Å²) in [6.07, 6.45) is 1.74. The molecule has 0 saturated heterocycles. The molecule has 1 heterocycles. The molecule has 0 aliphatic carbocycles. The topological polar surface area (TPSA) is 87.7 Å². The first kappa shape index (κ1) is 24.0. The number of carbonyl (C=O) groups excluding carboxylic acids is 3. The van der Waals surface area contributed by atoms with E-state index in [2.05, 4.69) is 10.6 Å². The highest BCUT2D eigenvalue weighted by Gasteiger charge is 2.36. The van der Waals surface area contributed by atoms with Crippen LogP contribution in [-0.2, 0) is 9.53 Å². The van der Waals surface area contributed by atoms with Crippen LogP contribution < -0.4 is 10.6 Å². The largest absolute Gasteiger partial charge is 0.466 e. The quantitative estimate of drug-likeness (QED) is 0.451. The van der Waals surface area contributed by atoms with E-state index in [9.17, 15) is 14.4 Å². The number of amides is 3. The minimum absolute atomic E-state index is 0.239. The lowest BCUT2D eigenvalue weighted by atomic mass is 9.94. The Morgan fingerprint density at radius 3 is 2.57 bits per heavy atom. The second kappa shape index (κ2) is 10.4. The van der Waals surface area contributed by atoms with Gasteiger partial charge in [-0.1, -0.05) is 61.9 Å². The van der Waals surface area contributed by atoms with Crippen molar-refractivity contribution in [2.75, 3.05) is 19.0 Å². The number of nitrogens with one attached hydrogen (secondary N) is 2. The molecule has 0 spiro atoms. The second-order valence-electron chi connectivity index (χ2n) is 8.48. The fraction of sp³-hybridized carbons (Fsp3) is 0.250. The molecular weight excluding hydrogens is 442 g/mol. The van der Waals surface area contributed by atoms with Crippen molar-refractivity contribution in [3.8, 4) is 0 Å². The fourth-order valence-electron chi connectivity index (χ4n) is 4.41. The number of anilines is 1. The van der Waals surface area contributed by atoms with Crippen molar-refractivity contribution in [2.45, 2.75) is 32.7 Å². The molecular formula is C28H29N3O4. The van der Waals surface area contributed by atoms with Gasteiger partial charge in [-0.3, -0.25) is 9.69 Å². The lowest BCUT2D eigenvalue weighted by Gasteiger charge is -2.35. The summed E-state index contributed by atoms with van der Waals surface area (Å²) in [5, 5.41) is 7.74. The first-order valence-corrected chi connectivity index (χ1v) is 11.7. The molecule has 0 radical (unpaired) electrons. The molecule has 35 heavy (non-hydrogen) atoms. The molecule has 7 nitrogen and oxygen atoms in total. The number of fused-ring (bicyclic) bond motifs is 1. The van der Waals surface area contributed by atoms with Crippen molar-refractivity contribution in [2.24, 2.45) is 0 Å². The van der Waals surface area contributed by atoms with Gasteiger partial charge in [0.2, 0.25) is 0 Å². The standard InChI is InChI=1S/C28H29N3O4/c1-4-5-16-31-18(2)24(27(33)35-3)25(30-28(31)34)20-12-8-13-21(17-20)29-26(32)23-15-9-11-19-10-6-7-14-22(19)23/h6-15,17,25H,4-5,16H2,1-3H3,(H,29,32)(H,30,34). The highest BCUT2D eigenvalue weighted by atomic mass is 16.5. The Labute approximate surface area is 204 Å². The molecule has 0 saturated carbocycles. The predicted octanol–water partition coefficient (Wildman–Crippen LogP) is 5.41. The Morgan fingerprint density at radius 1 is 1.06 bits per heavy atom. The number of benzene rings is 3. The van der Waals surface area contributed by atoms with Crippen molar-refractivity contribution < 1.29 is 19.1 Å². The third kappa shape index (κ3) is 4.89. The summed E-state index contributed by atoms with van der Waals surface area (Å²) >= 11 is 0. The summed E-state index contributed by atoms with van der Waals surface area (Å²) in [5.41, 5.74) is 2.75. The van der Waals surface area contributed by atoms with Gasteiger partial charge in [-0.05, 0) is 47.9 Å². The maximum atomic E-state index is 13.1. The van der Waals surface area contributed by atoms with Gasteiger partial charge in [0, 0.05) is 23.5 Å². The normalized spacial score (nSPS) is 15.7. The first-order valence-electron chi connectivity index (χ1n) is 11.7. The number of esters is 1. The van der Waals surface area contributed by atoms with E-state index in [-0.39, 0.29) is 11.9 Å². The second-order valence-corrected chi connectivity index (χ2v) is 8.48. The van der Waals surface area contributed by atoms with Gasteiger partial charge >= 0.3 is 12.0 Å². The van der Waals surface area contributed by atoms with Crippen LogP contribution >= 0.6 is 0 Å². The summed E-state index contributed by atoms with van der Waals surface area (Å²) in [6, 6.07) is 19.5. The number of methoxy groups -OCH3 is 1. The van der Waals surface area contributed by atoms with Crippen LogP contribution in [0.15, 0.2) is 78.0 Å². The molecule has 3 aromatic carbocycles. The average Bonchev–Trinajstić information content (AvgIpc) is 2.87. The van der Waals surface area contributed by atoms with Gasteiger partial charge in [-0.2, -0.15) is 0 Å². The lowest BCUT2D eigenvalue weighted by molar-refractivity contribution is -0.136. The van der Waals surface area contributed by atoms with Crippen LogP contribution in [0.1, 0.15) is 48.7 Å². The molecule has 1 atom stereocenters. The number of urea groups is 1. The molecule has 180 valence electrons. The number of nitrogens with zero attached hydrogens (tertiary/aromatic N) is 1. The summed E-state index contributed by atoms with van der Waals surface area (Å²) in [6.45, 7) is 4.32. The van der Waals surface area contributed by atoms with Crippen LogP contribution in [0.5, 0.6) is 0 Å². The minimum atomic E-state index is -0.692. The lowest BCUT2D eigenvalue weighted by Crippen LogP contribution is -2.48. The van der Waals surface area contributed by atoms with Gasteiger partial charge in [-0.25, -0.2) is 9.59 Å². The first-order chi connectivity index (χ1) is 16.9. The van der Waals surface area contributed by atoms with Crippen LogP contribution in [0, 0.1) is 0 Å². The van der Waals surface area contributed by atoms with Gasteiger partial charge in [0.15, 0.2) is 0 Å².